The number of fused-ring (bicyclic) bond motifs is 2. The topological polar surface area (TPSA) is 90.2 Å². The van der Waals surface area contributed by atoms with Gasteiger partial charge in [-0.3, -0.25) is 9.67 Å². The Kier molecular flexibility index (Phi) is 4.39. The standard InChI is InChI=1S/C25H30N8/c1-15-21(17(3)31(4)30-15)22-16(2)29-24(20-7-11-28-33(20)22)32-12-8-25(9-13-32)14-19-18(23(25)26)6-5-10-27-19/h5-7,10-11,23H,8-9,12-14,26H2,1-4H3/t23-/m1/s1. The third-order valence-electron chi connectivity index (χ3n) is 7.94. The molecular weight excluding hydrogens is 412 g/mol. The van der Waals surface area contributed by atoms with Crippen molar-refractivity contribution >= 4 is 11.3 Å². The van der Waals surface area contributed by atoms with E-state index in [1.165, 1.54) is 11.3 Å². The second-order valence-corrected chi connectivity index (χ2v) is 9.71. The molecular formula is C25H30N8. The van der Waals surface area contributed by atoms with Crippen LogP contribution < -0.4 is 10.6 Å². The fourth-order valence-electron chi connectivity index (χ4n) is 6.02. The maximum absolute atomic E-state index is 6.76. The number of piperidine rings is 1. The molecule has 1 spiro atoms. The van der Waals surface area contributed by atoms with E-state index in [1.54, 1.807) is 0 Å². The molecule has 8 heteroatoms. The van der Waals surface area contributed by atoms with Crippen LogP contribution in [-0.4, -0.2) is 42.5 Å². The molecule has 1 atom stereocenters. The van der Waals surface area contributed by atoms with Gasteiger partial charge < -0.3 is 10.6 Å². The maximum Gasteiger partial charge on any atom is 0.155 e. The molecule has 0 saturated carbocycles. The number of aromatic nitrogens is 6. The van der Waals surface area contributed by atoms with Crippen molar-refractivity contribution in [2.45, 2.75) is 46.1 Å². The van der Waals surface area contributed by atoms with E-state index >= 15 is 0 Å². The van der Waals surface area contributed by atoms with E-state index in [9.17, 15) is 0 Å². The van der Waals surface area contributed by atoms with E-state index in [0.29, 0.717) is 0 Å². The first kappa shape index (κ1) is 20.4. The van der Waals surface area contributed by atoms with Gasteiger partial charge in [-0.15, -0.1) is 0 Å². The highest BCUT2D eigenvalue weighted by atomic mass is 15.3. The van der Waals surface area contributed by atoms with Crippen molar-refractivity contribution in [3.63, 3.8) is 0 Å². The number of anilines is 1. The van der Waals surface area contributed by atoms with Gasteiger partial charge in [-0.2, -0.15) is 10.2 Å². The van der Waals surface area contributed by atoms with Crippen LogP contribution in [0.3, 0.4) is 0 Å². The first-order valence-corrected chi connectivity index (χ1v) is 11.7. The summed E-state index contributed by atoms with van der Waals surface area (Å²) in [7, 11) is 1.98. The third kappa shape index (κ3) is 2.86. The zero-order valence-electron chi connectivity index (χ0n) is 19.7. The largest absolute Gasteiger partial charge is 0.355 e. The number of aryl methyl sites for hydroxylation is 3. The van der Waals surface area contributed by atoms with Gasteiger partial charge in [0.05, 0.1) is 23.3 Å². The lowest BCUT2D eigenvalue weighted by Crippen LogP contribution is -2.44. The fraction of sp³-hybridized carbons (Fsp3) is 0.440. The Bertz CT molecular complexity index is 1370. The van der Waals surface area contributed by atoms with Crippen LogP contribution in [0.2, 0.25) is 0 Å². The highest BCUT2D eigenvalue weighted by Crippen LogP contribution is 2.50. The number of hydrogen-bond acceptors (Lipinski definition) is 6. The zero-order valence-corrected chi connectivity index (χ0v) is 19.7. The molecule has 2 aliphatic rings. The molecule has 0 unspecified atom stereocenters. The van der Waals surface area contributed by atoms with Gasteiger partial charge in [-0.05, 0) is 63.1 Å². The first-order chi connectivity index (χ1) is 15.9. The van der Waals surface area contributed by atoms with Crippen LogP contribution in [-0.2, 0) is 13.5 Å². The first-order valence-electron chi connectivity index (χ1n) is 11.7. The average molecular weight is 443 g/mol. The molecule has 4 aromatic rings. The minimum Gasteiger partial charge on any atom is -0.355 e. The highest BCUT2D eigenvalue weighted by Gasteiger charge is 2.46. The molecule has 5 heterocycles. The second-order valence-electron chi connectivity index (χ2n) is 9.71. The molecule has 1 aliphatic carbocycles. The summed E-state index contributed by atoms with van der Waals surface area (Å²) >= 11 is 0. The lowest BCUT2D eigenvalue weighted by molar-refractivity contribution is 0.187. The van der Waals surface area contributed by atoms with Gasteiger partial charge in [0.25, 0.3) is 0 Å². The quantitative estimate of drug-likeness (QED) is 0.512. The van der Waals surface area contributed by atoms with Crippen molar-refractivity contribution < 1.29 is 0 Å². The predicted molar refractivity (Wildman–Crippen MR) is 128 cm³/mol. The summed E-state index contributed by atoms with van der Waals surface area (Å²) in [6, 6.07) is 6.28. The van der Waals surface area contributed by atoms with Crippen molar-refractivity contribution in [1.82, 2.24) is 29.4 Å². The van der Waals surface area contributed by atoms with Gasteiger partial charge in [-0.1, -0.05) is 6.07 Å². The summed E-state index contributed by atoms with van der Waals surface area (Å²) < 4.78 is 3.97. The Labute approximate surface area is 193 Å². The number of pyridine rings is 1. The molecule has 4 aromatic heterocycles. The van der Waals surface area contributed by atoms with Crippen molar-refractivity contribution in [2.75, 3.05) is 18.0 Å². The van der Waals surface area contributed by atoms with Crippen molar-refractivity contribution in [2.24, 2.45) is 18.2 Å². The highest BCUT2D eigenvalue weighted by molar-refractivity contribution is 5.77. The average Bonchev–Trinajstić information content (AvgIpc) is 3.46. The number of nitrogens with two attached hydrogens (primary N) is 1. The maximum atomic E-state index is 6.76. The third-order valence-corrected chi connectivity index (χ3v) is 7.94. The van der Waals surface area contributed by atoms with Gasteiger partial charge in [0, 0.05) is 49.3 Å². The Morgan fingerprint density at radius 1 is 1.06 bits per heavy atom. The van der Waals surface area contributed by atoms with Crippen LogP contribution in [0.25, 0.3) is 16.8 Å². The van der Waals surface area contributed by atoms with Crippen LogP contribution in [0, 0.1) is 26.2 Å². The van der Waals surface area contributed by atoms with Gasteiger partial charge in [-0.25, -0.2) is 9.50 Å². The Morgan fingerprint density at radius 3 is 2.55 bits per heavy atom. The molecule has 33 heavy (non-hydrogen) atoms. The molecule has 1 aliphatic heterocycles. The normalized spacial score (nSPS) is 19.5. The molecule has 0 amide bonds. The van der Waals surface area contributed by atoms with Crippen LogP contribution in [0.15, 0.2) is 30.6 Å². The van der Waals surface area contributed by atoms with Crippen molar-refractivity contribution in [3.05, 3.63) is 58.9 Å². The van der Waals surface area contributed by atoms with Crippen LogP contribution in [0.1, 0.15) is 47.2 Å². The molecule has 1 saturated heterocycles. The SMILES string of the molecule is Cc1nn(C)c(C)c1-c1c(C)nc(N2CCC3(CC2)Cc2ncccc2[C@H]3N)c2ccnn12. The minimum atomic E-state index is 0.0620. The molecule has 2 N–H and O–H groups in total. The summed E-state index contributed by atoms with van der Waals surface area (Å²) in [4.78, 5) is 12.1. The monoisotopic (exact) mass is 442 g/mol. The van der Waals surface area contributed by atoms with Crippen LogP contribution in [0.5, 0.6) is 0 Å². The van der Waals surface area contributed by atoms with Gasteiger partial charge in [0.2, 0.25) is 0 Å². The molecule has 0 bridgehead atoms. The zero-order chi connectivity index (χ0) is 22.9. The van der Waals surface area contributed by atoms with Crippen molar-refractivity contribution in [3.8, 4) is 11.3 Å². The molecule has 170 valence electrons. The number of nitrogens with zero attached hydrogens (tertiary/aromatic N) is 7. The molecule has 0 radical (unpaired) electrons. The minimum absolute atomic E-state index is 0.0620. The second kappa shape index (κ2) is 7.12. The Balaban J connectivity index is 1.35. The van der Waals surface area contributed by atoms with Crippen molar-refractivity contribution in [1.29, 1.82) is 0 Å². The molecule has 0 aromatic carbocycles. The summed E-state index contributed by atoms with van der Waals surface area (Å²) in [5.74, 6) is 1.00. The molecule has 8 nitrogen and oxygen atoms in total. The number of hydrogen-bond donors (Lipinski definition) is 1. The van der Waals surface area contributed by atoms with E-state index in [2.05, 4.69) is 41.0 Å². The summed E-state index contributed by atoms with van der Waals surface area (Å²) in [6.07, 6.45) is 6.80. The van der Waals surface area contributed by atoms with Gasteiger partial charge in [0.15, 0.2) is 5.82 Å². The lowest BCUT2D eigenvalue weighted by atomic mass is 9.73. The van der Waals surface area contributed by atoms with E-state index < -0.39 is 0 Å². The number of rotatable bonds is 2. The molecule has 6 rings (SSSR count). The summed E-state index contributed by atoms with van der Waals surface area (Å²) in [5, 5.41) is 9.31. The summed E-state index contributed by atoms with van der Waals surface area (Å²) in [5.41, 5.74) is 15.5. The van der Waals surface area contributed by atoms with E-state index in [4.69, 9.17) is 15.8 Å². The van der Waals surface area contributed by atoms with E-state index in [-0.39, 0.29) is 11.5 Å². The van der Waals surface area contributed by atoms with E-state index in [0.717, 1.165) is 72.0 Å². The summed E-state index contributed by atoms with van der Waals surface area (Å²) in [6.45, 7) is 8.08. The van der Waals surface area contributed by atoms with Gasteiger partial charge >= 0.3 is 0 Å². The van der Waals surface area contributed by atoms with E-state index in [1.807, 2.05) is 41.6 Å². The lowest BCUT2D eigenvalue weighted by Gasteiger charge is -2.42. The fourth-order valence-corrected chi connectivity index (χ4v) is 6.02. The van der Waals surface area contributed by atoms with Gasteiger partial charge in [0.1, 0.15) is 5.52 Å². The Hall–Kier alpha value is -3.26. The van der Waals surface area contributed by atoms with Crippen LogP contribution in [0.4, 0.5) is 5.82 Å². The van der Waals surface area contributed by atoms with Crippen LogP contribution >= 0.6 is 0 Å². The Morgan fingerprint density at radius 2 is 1.85 bits per heavy atom. The smallest absolute Gasteiger partial charge is 0.155 e. The predicted octanol–water partition coefficient (Wildman–Crippen LogP) is 3.29. The molecule has 1 fully saturated rings.